The zero-order valence-corrected chi connectivity index (χ0v) is 29.1. The third-order valence-electron chi connectivity index (χ3n) is 9.11. The standard InChI is InChI=1S/C43H44N2O6/c1-29(2)26-45(27-40(46)42(48)50-28-31-9-4-3-5-10-31)43(49)44-39(41(47)51-38-22-21-33-13-8-14-36(33)25-38)23-30-15-17-34(18-16-30)37-20-19-32-11-6-7-12-35(32)24-37/h3-7,9-12,15-22,24-25,29,39-40,46H,8,13-14,23,26-28H2,1-2H3,(H,44,49)/t39-,40?/m0/s1. The molecule has 2 N–H and O–H groups in total. The second kappa shape index (κ2) is 16.5. The first-order valence-corrected chi connectivity index (χ1v) is 17.6. The number of fused-ring (bicyclic) bond motifs is 2. The van der Waals surface area contributed by atoms with Gasteiger partial charge in [0, 0.05) is 13.0 Å². The Hall–Kier alpha value is -5.47. The van der Waals surface area contributed by atoms with E-state index in [0.717, 1.165) is 46.9 Å². The molecule has 1 aliphatic carbocycles. The maximum absolute atomic E-state index is 13.8. The maximum Gasteiger partial charge on any atom is 0.337 e. The van der Waals surface area contributed by atoms with Crippen molar-refractivity contribution in [3.05, 3.63) is 138 Å². The summed E-state index contributed by atoms with van der Waals surface area (Å²) in [6.07, 6.45) is 1.61. The first kappa shape index (κ1) is 35.4. The molecule has 0 heterocycles. The molecule has 2 atom stereocenters. The van der Waals surface area contributed by atoms with Crippen LogP contribution in [-0.4, -0.2) is 53.2 Å². The van der Waals surface area contributed by atoms with Crippen LogP contribution >= 0.6 is 0 Å². The topological polar surface area (TPSA) is 105 Å². The Kier molecular flexibility index (Phi) is 11.4. The summed E-state index contributed by atoms with van der Waals surface area (Å²) in [5.41, 5.74) is 6.15. The Morgan fingerprint density at radius 2 is 1.43 bits per heavy atom. The summed E-state index contributed by atoms with van der Waals surface area (Å²) < 4.78 is 11.2. The van der Waals surface area contributed by atoms with Gasteiger partial charge in [-0.2, -0.15) is 0 Å². The highest BCUT2D eigenvalue weighted by Crippen LogP contribution is 2.27. The number of amides is 2. The predicted octanol–water partition coefficient (Wildman–Crippen LogP) is 7.28. The Morgan fingerprint density at radius 3 is 2.20 bits per heavy atom. The fourth-order valence-corrected chi connectivity index (χ4v) is 6.46. The number of aliphatic hydroxyl groups excluding tert-OH is 1. The molecule has 0 aliphatic heterocycles. The molecule has 5 aromatic carbocycles. The lowest BCUT2D eigenvalue weighted by atomic mass is 9.98. The number of carbonyl (C=O) groups excluding carboxylic acids is 3. The molecule has 1 aliphatic rings. The molecule has 0 spiro atoms. The number of nitrogens with zero attached hydrogens (tertiary/aromatic N) is 1. The van der Waals surface area contributed by atoms with E-state index in [2.05, 4.69) is 35.6 Å². The van der Waals surface area contributed by atoms with Crippen LogP contribution in [0.3, 0.4) is 0 Å². The number of urea groups is 1. The van der Waals surface area contributed by atoms with Crippen LogP contribution in [0, 0.1) is 5.92 Å². The van der Waals surface area contributed by atoms with Gasteiger partial charge in [-0.25, -0.2) is 14.4 Å². The van der Waals surface area contributed by atoms with Crippen molar-refractivity contribution in [1.29, 1.82) is 0 Å². The summed E-state index contributed by atoms with van der Waals surface area (Å²) in [5, 5.41) is 15.9. The Labute approximate surface area is 299 Å². The van der Waals surface area contributed by atoms with E-state index in [1.165, 1.54) is 21.4 Å². The molecular formula is C43H44N2O6. The molecule has 0 saturated carbocycles. The SMILES string of the molecule is CC(C)CN(CC(O)C(=O)OCc1ccccc1)C(=O)N[C@@H](Cc1ccc(-c2ccc3ccccc3c2)cc1)C(=O)Oc1ccc2c(c1)CCC2. The van der Waals surface area contributed by atoms with Crippen LogP contribution in [-0.2, 0) is 40.2 Å². The Bertz CT molecular complexity index is 1970. The number of nitrogens with one attached hydrogen (secondary N) is 1. The molecule has 0 bridgehead atoms. The van der Waals surface area contributed by atoms with E-state index in [9.17, 15) is 19.5 Å². The number of ether oxygens (including phenoxy) is 2. The minimum Gasteiger partial charge on any atom is -0.459 e. The minimum absolute atomic E-state index is 0.00335. The second-order valence-electron chi connectivity index (χ2n) is 13.6. The molecule has 5 aromatic rings. The molecule has 8 nitrogen and oxygen atoms in total. The number of benzene rings is 5. The van der Waals surface area contributed by atoms with Crippen molar-refractivity contribution < 1.29 is 29.0 Å². The number of rotatable bonds is 13. The first-order chi connectivity index (χ1) is 24.7. The van der Waals surface area contributed by atoms with Gasteiger partial charge in [0.2, 0.25) is 0 Å². The molecule has 2 amide bonds. The van der Waals surface area contributed by atoms with E-state index in [0.29, 0.717) is 5.75 Å². The summed E-state index contributed by atoms with van der Waals surface area (Å²) in [4.78, 5) is 41.6. The fourth-order valence-electron chi connectivity index (χ4n) is 6.46. The van der Waals surface area contributed by atoms with E-state index in [-0.39, 0.29) is 32.0 Å². The highest BCUT2D eigenvalue weighted by molar-refractivity contribution is 5.88. The van der Waals surface area contributed by atoms with Crippen molar-refractivity contribution in [3.8, 4) is 16.9 Å². The van der Waals surface area contributed by atoms with E-state index in [1.54, 1.807) is 6.07 Å². The van der Waals surface area contributed by atoms with Crippen molar-refractivity contribution in [2.24, 2.45) is 5.92 Å². The normalized spacial score (nSPS) is 13.3. The number of esters is 2. The highest BCUT2D eigenvalue weighted by atomic mass is 16.5. The largest absolute Gasteiger partial charge is 0.459 e. The summed E-state index contributed by atoms with van der Waals surface area (Å²) in [6.45, 7) is 3.80. The van der Waals surface area contributed by atoms with Crippen LogP contribution in [0.1, 0.15) is 42.5 Å². The van der Waals surface area contributed by atoms with Crippen molar-refractivity contribution in [2.45, 2.75) is 58.3 Å². The van der Waals surface area contributed by atoms with Gasteiger partial charge in [-0.3, -0.25) is 0 Å². The molecule has 6 rings (SSSR count). The van der Waals surface area contributed by atoms with Crippen molar-refractivity contribution >= 4 is 28.7 Å². The summed E-state index contributed by atoms with van der Waals surface area (Å²) in [6, 6.07) is 35.7. The molecule has 0 radical (unpaired) electrons. The van der Waals surface area contributed by atoms with Gasteiger partial charge in [0.15, 0.2) is 6.10 Å². The van der Waals surface area contributed by atoms with E-state index >= 15 is 0 Å². The van der Waals surface area contributed by atoms with Crippen LogP contribution in [0.5, 0.6) is 5.75 Å². The maximum atomic E-state index is 13.8. The van der Waals surface area contributed by atoms with Gasteiger partial charge >= 0.3 is 18.0 Å². The van der Waals surface area contributed by atoms with E-state index in [4.69, 9.17) is 9.47 Å². The average molecular weight is 685 g/mol. The molecule has 8 heteroatoms. The lowest BCUT2D eigenvalue weighted by molar-refractivity contribution is -0.155. The molecule has 262 valence electrons. The highest BCUT2D eigenvalue weighted by Gasteiger charge is 2.29. The number of carbonyl (C=O) groups is 3. The number of aryl methyl sites for hydroxylation is 2. The smallest absolute Gasteiger partial charge is 0.337 e. The minimum atomic E-state index is -1.57. The first-order valence-electron chi connectivity index (χ1n) is 17.6. The van der Waals surface area contributed by atoms with Crippen LogP contribution in [0.4, 0.5) is 4.79 Å². The van der Waals surface area contributed by atoms with Gasteiger partial charge < -0.3 is 24.8 Å². The summed E-state index contributed by atoms with van der Waals surface area (Å²) in [5.74, 6) is -0.989. The second-order valence-corrected chi connectivity index (χ2v) is 13.6. The third kappa shape index (κ3) is 9.41. The zero-order valence-electron chi connectivity index (χ0n) is 29.1. The molecule has 51 heavy (non-hydrogen) atoms. The number of hydrogen-bond donors (Lipinski definition) is 2. The molecule has 0 fully saturated rings. The summed E-state index contributed by atoms with van der Waals surface area (Å²) in [7, 11) is 0. The lowest BCUT2D eigenvalue weighted by Crippen LogP contribution is -2.53. The Balaban J connectivity index is 1.18. The Morgan fingerprint density at radius 1 is 0.725 bits per heavy atom. The van der Waals surface area contributed by atoms with Crippen LogP contribution < -0.4 is 10.1 Å². The average Bonchev–Trinajstić information content (AvgIpc) is 3.61. The summed E-state index contributed by atoms with van der Waals surface area (Å²) >= 11 is 0. The van der Waals surface area contributed by atoms with Crippen LogP contribution in [0.25, 0.3) is 21.9 Å². The van der Waals surface area contributed by atoms with E-state index in [1.807, 2.05) is 92.7 Å². The van der Waals surface area contributed by atoms with Gasteiger partial charge in [-0.05, 0) is 87.5 Å². The zero-order chi connectivity index (χ0) is 35.7. The van der Waals surface area contributed by atoms with Gasteiger partial charge in [0.25, 0.3) is 0 Å². The quantitative estimate of drug-likeness (QED) is 0.0998. The van der Waals surface area contributed by atoms with Gasteiger partial charge in [-0.15, -0.1) is 0 Å². The van der Waals surface area contributed by atoms with Gasteiger partial charge in [0.1, 0.15) is 18.4 Å². The van der Waals surface area contributed by atoms with Crippen molar-refractivity contribution in [2.75, 3.05) is 13.1 Å². The fraction of sp³-hybridized carbons (Fsp3) is 0.279. The number of hydrogen-bond acceptors (Lipinski definition) is 6. The van der Waals surface area contributed by atoms with Crippen molar-refractivity contribution in [1.82, 2.24) is 10.2 Å². The van der Waals surface area contributed by atoms with Crippen LogP contribution in [0.2, 0.25) is 0 Å². The molecule has 0 saturated heterocycles. The van der Waals surface area contributed by atoms with Crippen LogP contribution in [0.15, 0.2) is 115 Å². The van der Waals surface area contributed by atoms with Gasteiger partial charge in [0.05, 0.1) is 6.54 Å². The number of aliphatic hydroxyl groups is 1. The predicted molar refractivity (Wildman–Crippen MR) is 198 cm³/mol. The third-order valence-corrected chi connectivity index (χ3v) is 9.11. The lowest BCUT2D eigenvalue weighted by Gasteiger charge is -2.28. The molecule has 1 unspecified atom stereocenters. The van der Waals surface area contributed by atoms with E-state index < -0.39 is 30.1 Å². The molecule has 0 aromatic heterocycles. The van der Waals surface area contributed by atoms with Crippen molar-refractivity contribution in [3.63, 3.8) is 0 Å². The molecular weight excluding hydrogens is 640 g/mol. The monoisotopic (exact) mass is 684 g/mol. The van der Waals surface area contributed by atoms with Gasteiger partial charge in [-0.1, -0.05) is 111 Å².